The molecule has 0 radical (unpaired) electrons. The van der Waals surface area contributed by atoms with Gasteiger partial charge in [0.05, 0.1) is 5.75 Å². The summed E-state index contributed by atoms with van der Waals surface area (Å²) in [6, 6.07) is 0. The molecule has 2 rings (SSSR count). The summed E-state index contributed by atoms with van der Waals surface area (Å²) in [6.07, 6.45) is 0. The molecule has 5 nitrogen and oxygen atoms in total. The molecule has 0 unspecified atom stereocenters. The van der Waals surface area contributed by atoms with Gasteiger partial charge in [-0.05, 0) is 26.3 Å². The molecule has 0 aliphatic rings. The summed E-state index contributed by atoms with van der Waals surface area (Å²) < 4.78 is 2.02. The topological polar surface area (TPSA) is 73.8 Å². The second kappa shape index (κ2) is 5.75. The van der Waals surface area contributed by atoms with Crippen molar-refractivity contribution in [3.63, 3.8) is 0 Å². The maximum absolute atomic E-state index is 10.9. The van der Waals surface area contributed by atoms with Crippen molar-refractivity contribution >= 4 is 29.0 Å². The van der Waals surface area contributed by atoms with Gasteiger partial charge in [0.15, 0.2) is 11.0 Å². The Balaban J connectivity index is 2.37. The predicted molar refractivity (Wildman–Crippen MR) is 78.4 cm³/mol. The van der Waals surface area contributed by atoms with Gasteiger partial charge in [-0.3, -0.25) is 4.79 Å². The second-order valence-corrected chi connectivity index (χ2v) is 6.16. The van der Waals surface area contributed by atoms with E-state index in [1.807, 2.05) is 11.5 Å². The van der Waals surface area contributed by atoms with Crippen molar-refractivity contribution in [1.29, 1.82) is 0 Å². The zero-order valence-electron chi connectivity index (χ0n) is 11.1. The summed E-state index contributed by atoms with van der Waals surface area (Å²) in [7, 11) is 0. The Hall–Kier alpha value is -1.34. The van der Waals surface area contributed by atoms with E-state index >= 15 is 0 Å². The SMILES string of the molecule is CCn1c(SCC(N)=O)nnc1-c1csc(C)c1C. The smallest absolute Gasteiger partial charge is 0.227 e. The molecule has 2 heterocycles. The Labute approximate surface area is 120 Å². The normalized spacial score (nSPS) is 10.9. The third kappa shape index (κ3) is 2.82. The van der Waals surface area contributed by atoms with Crippen molar-refractivity contribution in [2.45, 2.75) is 32.5 Å². The third-order valence-electron chi connectivity index (χ3n) is 2.90. The lowest BCUT2D eigenvalue weighted by Crippen LogP contribution is -2.13. The Morgan fingerprint density at radius 1 is 1.47 bits per heavy atom. The van der Waals surface area contributed by atoms with Crippen LogP contribution in [0.3, 0.4) is 0 Å². The van der Waals surface area contributed by atoms with Crippen LogP contribution in [0.1, 0.15) is 17.4 Å². The van der Waals surface area contributed by atoms with Crippen LogP contribution in [0.25, 0.3) is 11.4 Å². The Morgan fingerprint density at radius 2 is 2.21 bits per heavy atom. The van der Waals surface area contributed by atoms with Crippen molar-refractivity contribution in [3.8, 4) is 11.4 Å². The van der Waals surface area contributed by atoms with E-state index in [1.165, 1.54) is 22.2 Å². The Kier molecular flexibility index (Phi) is 4.26. The van der Waals surface area contributed by atoms with Gasteiger partial charge < -0.3 is 10.3 Å². The zero-order chi connectivity index (χ0) is 14.0. The number of aryl methyl sites for hydroxylation is 1. The molecule has 2 aromatic heterocycles. The van der Waals surface area contributed by atoms with E-state index in [4.69, 9.17) is 5.73 Å². The first-order valence-electron chi connectivity index (χ1n) is 5.94. The summed E-state index contributed by atoms with van der Waals surface area (Å²) in [6.45, 7) is 6.98. The van der Waals surface area contributed by atoms with E-state index in [9.17, 15) is 4.79 Å². The predicted octanol–water partition coefficient (Wildman–Crippen LogP) is 2.22. The molecule has 0 spiro atoms. The molecule has 0 bridgehead atoms. The van der Waals surface area contributed by atoms with Crippen LogP contribution in [-0.2, 0) is 11.3 Å². The van der Waals surface area contributed by atoms with Crippen LogP contribution < -0.4 is 5.73 Å². The number of hydrogen-bond acceptors (Lipinski definition) is 5. The fourth-order valence-corrected chi connectivity index (χ4v) is 3.35. The standard InChI is InChI=1S/C12H16N4OS2/c1-4-16-11(9-5-18-8(3)7(9)2)14-15-12(16)19-6-10(13)17/h5H,4,6H2,1-3H3,(H2,13,17). The molecule has 0 atom stereocenters. The van der Waals surface area contributed by atoms with E-state index < -0.39 is 0 Å². The largest absolute Gasteiger partial charge is 0.369 e. The maximum atomic E-state index is 10.9. The molecule has 0 aliphatic carbocycles. The molecule has 2 aromatic rings. The van der Waals surface area contributed by atoms with Crippen molar-refractivity contribution in [2.75, 3.05) is 5.75 Å². The first-order valence-corrected chi connectivity index (χ1v) is 7.80. The third-order valence-corrected chi connectivity index (χ3v) is 4.91. The number of thiophene rings is 1. The number of carbonyl (C=O) groups excluding carboxylic acids is 1. The van der Waals surface area contributed by atoms with Crippen molar-refractivity contribution in [3.05, 3.63) is 15.8 Å². The van der Waals surface area contributed by atoms with Gasteiger partial charge in [0.2, 0.25) is 5.91 Å². The molecule has 0 saturated carbocycles. The minimum absolute atomic E-state index is 0.222. The quantitative estimate of drug-likeness (QED) is 0.859. The van der Waals surface area contributed by atoms with Crippen LogP contribution in [0.4, 0.5) is 0 Å². The number of nitrogens with zero attached hydrogens (tertiary/aromatic N) is 3. The van der Waals surface area contributed by atoms with Crippen LogP contribution in [-0.4, -0.2) is 26.4 Å². The first kappa shape index (κ1) is 14.1. The van der Waals surface area contributed by atoms with Gasteiger partial charge >= 0.3 is 0 Å². The number of nitrogens with two attached hydrogens (primary N) is 1. The van der Waals surface area contributed by atoms with E-state index in [1.54, 1.807) is 11.3 Å². The molecular weight excluding hydrogens is 280 g/mol. The molecule has 0 aromatic carbocycles. The molecular formula is C12H16N4OS2. The van der Waals surface area contributed by atoms with E-state index in [2.05, 4.69) is 29.4 Å². The maximum Gasteiger partial charge on any atom is 0.227 e. The van der Waals surface area contributed by atoms with Crippen LogP contribution in [0.5, 0.6) is 0 Å². The number of primary amides is 1. The second-order valence-electron chi connectivity index (χ2n) is 4.14. The van der Waals surface area contributed by atoms with Crippen LogP contribution in [0, 0.1) is 13.8 Å². The lowest BCUT2D eigenvalue weighted by Gasteiger charge is -2.06. The monoisotopic (exact) mass is 296 g/mol. The number of hydrogen-bond donors (Lipinski definition) is 1. The lowest BCUT2D eigenvalue weighted by molar-refractivity contribution is -0.115. The number of carbonyl (C=O) groups is 1. The molecule has 0 saturated heterocycles. The van der Waals surface area contributed by atoms with Gasteiger partial charge in [0, 0.05) is 22.4 Å². The Bertz CT molecular complexity index is 603. The van der Waals surface area contributed by atoms with E-state index in [-0.39, 0.29) is 11.7 Å². The van der Waals surface area contributed by atoms with Gasteiger partial charge in [0.25, 0.3) is 0 Å². The summed E-state index contributed by atoms with van der Waals surface area (Å²) >= 11 is 3.04. The molecule has 0 fully saturated rings. The molecule has 19 heavy (non-hydrogen) atoms. The van der Waals surface area contributed by atoms with Crippen molar-refractivity contribution in [1.82, 2.24) is 14.8 Å². The van der Waals surface area contributed by atoms with Gasteiger partial charge in [-0.1, -0.05) is 11.8 Å². The summed E-state index contributed by atoms with van der Waals surface area (Å²) in [4.78, 5) is 12.1. The minimum atomic E-state index is -0.347. The summed E-state index contributed by atoms with van der Waals surface area (Å²) in [5.41, 5.74) is 7.51. The highest BCUT2D eigenvalue weighted by molar-refractivity contribution is 7.99. The van der Waals surface area contributed by atoms with Gasteiger partial charge in [-0.25, -0.2) is 0 Å². The lowest BCUT2D eigenvalue weighted by atomic mass is 10.1. The molecule has 7 heteroatoms. The minimum Gasteiger partial charge on any atom is -0.369 e. The number of amides is 1. The molecule has 1 amide bonds. The van der Waals surface area contributed by atoms with Gasteiger partial charge in [-0.15, -0.1) is 21.5 Å². The fourth-order valence-electron chi connectivity index (χ4n) is 1.75. The van der Waals surface area contributed by atoms with Crippen LogP contribution in [0.15, 0.2) is 10.5 Å². The van der Waals surface area contributed by atoms with Crippen LogP contribution in [0.2, 0.25) is 0 Å². The fraction of sp³-hybridized carbons (Fsp3) is 0.417. The number of aromatic nitrogens is 3. The first-order chi connectivity index (χ1) is 9.04. The molecule has 0 aliphatic heterocycles. The highest BCUT2D eigenvalue weighted by atomic mass is 32.2. The van der Waals surface area contributed by atoms with E-state index in [0.29, 0.717) is 0 Å². The van der Waals surface area contributed by atoms with Crippen molar-refractivity contribution < 1.29 is 4.79 Å². The number of thioether (sulfide) groups is 1. The molecule has 2 N–H and O–H groups in total. The highest BCUT2D eigenvalue weighted by Gasteiger charge is 2.17. The molecule has 102 valence electrons. The zero-order valence-corrected chi connectivity index (χ0v) is 12.8. The summed E-state index contributed by atoms with van der Waals surface area (Å²) in [5.74, 6) is 0.732. The summed E-state index contributed by atoms with van der Waals surface area (Å²) in [5, 5.41) is 11.3. The highest BCUT2D eigenvalue weighted by Crippen LogP contribution is 2.31. The van der Waals surface area contributed by atoms with Gasteiger partial charge in [-0.2, -0.15) is 0 Å². The number of rotatable bonds is 5. The average Bonchev–Trinajstić information content (AvgIpc) is 2.91. The van der Waals surface area contributed by atoms with Gasteiger partial charge in [0.1, 0.15) is 0 Å². The van der Waals surface area contributed by atoms with E-state index in [0.717, 1.165) is 23.1 Å². The van der Waals surface area contributed by atoms with Crippen LogP contribution >= 0.6 is 23.1 Å². The van der Waals surface area contributed by atoms with Crippen molar-refractivity contribution in [2.24, 2.45) is 5.73 Å². The Morgan fingerprint density at radius 3 is 2.74 bits per heavy atom. The average molecular weight is 296 g/mol.